The molecule has 30 heavy (non-hydrogen) atoms. The molecule has 0 fully saturated rings. The number of halogens is 1. The molecule has 0 unspecified atom stereocenters. The molecule has 0 bridgehead atoms. The molecule has 0 spiro atoms. The van der Waals surface area contributed by atoms with Crippen molar-refractivity contribution in [1.82, 2.24) is 4.90 Å². The molecule has 5 nitrogen and oxygen atoms in total. The largest absolute Gasteiger partial charge is 0.390 e. The molecule has 0 amide bonds. The SMILES string of the molecule is Cc1ccccc1C1=NO[C@H](CN(Cc2cccc(Cl)c2)C[C@@H](O)COC(C)C)C1. The fourth-order valence-corrected chi connectivity index (χ4v) is 3.83. The molecule has 2 atom stereocenters. The van der Waals surface area contributed by atoms with Crippen molar-refractivity contribution < 1.29 is 14.7 Å². The van der Waals surface area contributed by atoms with Gasteiger partial charge in [0.15, 0.2) is 0 Å². The van der Waals surface area contributed by atoms with Crippen molar-refractivity contribution in [2.45, 2.75) is 52.0 Å². The fourth-order valence-electron chi connectivity index (χ4n) is 3.62. The van der Waals surface area contributed by atoms with E-state index in [0.717, 1.165) is 23.3 Å². The highest BCUT2D eigenvalue weighted by atomic mass is 35.5. The third-order valence-electron chi connectivity index (χ3n) is 5.04. The Hall–Kier alpha value is -1.92. The quantitative estimate of drug-likeness (QED) is 0.605. The van der Waals surface area contributed by atoms with Gasteiger partial charge in [-0.05, 0) is 44.0 Å². The molecule has 1 aliphatic rings. The average Bonchev–Trinajstić information content (AvgIpc) is 3.15. The van der Waals surface area contributed by atoms with E-state index in [2.05, 4.69) is 29.1 Å². The maximum atomic E-state index is 10.5. The summed E-state index contributed by atoms with van der Waals surface area (Å²) in [4.78, 5) is 7.94. The monoisotopic (exact) mass is 430 g/mol. The Kier molecular flexibility index (Phi) is 8.28. The number of oxime groups is 1. The van der Waals surface area contributed by atoms with Gasteiger partial charge in [0.25, 0.3) is 0 Å². The van der Waals surface area contributed by atoms with Crippen molar-refractivity contribution in [3.63, 3.8) is 0 Å². The zero-order chi connectivity index (χ0) is 21.5. The van der Waals surface area contributed by atoms with Crippen LogP contribution in [0.3, 0.4) is 0 Å². The molecule has 3 rings (SSSR count). The van der Waals surface area contributed by atoms with Crippen molar-refractivity contribution in [3.05, 3.63) is 70.2 Å². The van der Waals surface area contributed by atoms with Crippen LogP contribution in [0, 0.1) is 6.92 Å². The van der Waals surface area contributed by atoms with E-state index in [1.807, 2.05) is 50.2 Å². The number of ether oxygens (including phenoxy) is 1. The summed E-state index contributed by atoms with van der Waals surface area (Å²) < 4.78 is 5.58. The zero-order valence-electron chi connectivity index (χ0n) is 17.9. The van der Waals surface area contributed by atoms with Crippen LogP contribution in [0.5, 0.6) is 0 Å². The zero-order valence-corrected chi connectivity index (χ0v) is 18.7. The summed E-state index contributed by atoms with van der Waals surface area (Å²) in [6.07, 6.45) is 0.196. The Morgan fingerprint density at radius 2 is 2.03 bits per heavy atom. The molecule has 0 saturated carbocycles. The van der Waals surface area contributed by atoms with Crippen LogP contribution in [-0.2, 0) is 16.1 Å². The summed E-state index contributed by atoms with van der Waals surface area (Å²) in [6.45, 7) is 8.13. The van der Waals surface area contributed by atoms with Crippen molar-refractivity contribution in [1.29, 1.82) is 0 Å². The summed E-state index contributed by atoms with van der Waals surface area (Å²) in [5.74, 6) is 0. The third kappa shape index (κ3) is 6.81. The fraction of sp³-hybridized carbons (Fsp3) is 0.458. The smallest absolute Gasteiger partial charge is 0.145 e. The van der Waals surface area contributed by atoms with Gasteiger partial charge >= 0.3 is 0 Å². The second-order valence-electron chi connectivity index (χ2n) is 8.14. The third-order valence-corrected chi connectivity index (χ3v) is 5.27. The van der Waals surface area contributed by atoms with Crippen molar-refractivity contribution >= 4 is 17.3 Å². The number of benzene rings is 2. The Labute approximate surface area is 184 Å². The van der Waals surface area contributed by atoms with E-state index in [4.69, 9.17) is 21.2 Å². The minimum atomic E-state index is -0.579. The average molecular weight is 431 g/mol. The summed E-state index contributed by atoms with van der Waals surface area (Å²) in [6, 6.07) is 16.0. The van der Waals surface area contributed by atoms with Gasteiger partial charge in [0, 0.05) is 36.6 Å². The first kappa shape index (κ1) is 22.8. The predicted octanol–water partition coefficient (Wildman–Crippen LogP) is 4.43. The number of rotatable bonds is 10. The molecule has 0 aliphatic carbocycles. The standard InChI is InChI=1S/C24H31ClN2O3/c1-17(2)29-16-21(28)14-27(13-19-8-6-9-20(25)11-19)15-22-12-24(26-30-22)23-10-5-4-7-18(23)3/h4-11,17,21-22,28H,12-16H2,1-3H3/t21-,22+/m1/s1. The minimum absolute atomic E-state index is 0.0583. The van der Waals surface area contributed by atoms with Crippen LogP contribution in [-0.4, -0.2) is 53.7 Å². The van der Waals surface area contributed by atoms with Crippen molar-refractivity contribution in [3.8, 4) is 0 Å². The summed E-state index contributed by atoms with van der Waals surface area (Å²) in [7, 11) is 0. The molecule has 6 heteroatoms. The van der Waals surface area contributed by atoms with Crippen LogP contribution in [0.2, 0.25) is 5.02 Å². The Bertz CT molecular complexity index is 856. The second-order valence-corrected chi connectivity index (χ2v) is 8.58. The number of aliphatic hydroxyl groups excluding tert-OH is 1. The molecule has 1 N–H and O–H groups in total. The van der Waals surface area contributed by atoms with Crippen LogP contribution in [0.15, 0.2) is 53.7 Å². The summed E-state index contributed by atoms with van der Waals surface area (Å²) >= 11 is 6.16. The number of hydrogen-bond acceptors (Lipinski definition) is 5. The van der Waals surface area contributed by atoms with E-state index in [-0.39, 0.29) is 12.2 Å². The van der Waals surface area contributed by atoms with E-state index < -0.39 is 6.10 Å². The van der Waals surface area contributed by atoms with E-state index in [0.29, 0.717) is 31.3 Å². The van der Waals surface area contributed by atoms with E-state index >= 15 is 0 Å². The minimum Gasteiger partial charge on any atom is -0.390 e. The van der Waals surface area contributed by atoms with Gasteiger partial charge in [-0.25, -0.2) is 0 Å². The van der Waals surface area contributed by atoms with Crippen LogP contribution >= 0.6 is 11.6 Å². The van der Waals surface area contributed by atoms with Crippen LogP contribution < -0.4 is 0 Å². The lowest BCUT2D eigenvalue weighted by molar-refractivity contribution is -0.0194. The normalized spacial score (nSPS) is 17.3. The van der Waals surface area contributed by atoms with Gasteiger partial charge in [-0.15, -0.1) is 0 Å². The molecule has 162 valence electrons. The van der Waals surface area contributed by atoms with Crippen LogP contribution in [0.4, 0.5) is 0 Å². The lowest BCUT2D eigenvalue weighted by Gasteiger charge is -2.27. The highest BCUT2D eigenvalue weighted by Crippen LogP contribution is 2.21. The first-order valence-electron chi connectivity index (χ1n) is 10.5. The maximum absolute atomic E-state index is 10.5. The number of aryl methyl sites for hydroxylation is 1. The van der Waals surface area contributed by atoms with Gasteiger partial charge in [-0.1, -0.05) is 53.2 Å². The topological polar surface area (TPSA) is 54.3 Å². The molecule has 0 aromatic heterocycles. The van der Waals surface area contributed by atoms with Gasteiger partial charge in [0.1, 0.15) is 6.10 Å². The van der Waals surface area contributed by atoms with Crippen molar-refractivity contribution in [2.75, 3.05) is 19.7 Å². The maximum Gasteiger partial charge on any atom is 0.145 e. The van der Waals surface area contributed by atoms with Gasteiger partial charge in [0.2, 0.25) is 0 Å². The Morgan fingerprint density at radius 1 is 1.23 bits per heavy atom. The molecule has 2 aromatic carbocycles. The highest BCUT2D eigenvalue weighted by Gasteiger charge is 2.26. The van der Waals surface area contributed by atoms with E-state index in [9.17, 15) is 5.11 Å². The second kappa shape index (κ2) is 10.9. The first-order chi connectivity index (χ1) is 14.4. The van der Waals surface area contributed by atoms with E-state index in [1.54, 1.807) is 0 Å². The number of nitrogens with zero attached hydrogens (tertiary/aromatic N) is 2. The highest BCUT2D eigenvalue weighted by molar-refractivity contribution is 6.30. The Morgan fingerprint density at radius 3 is 2.77 bits per heavy atom. The Balaban J connectivity index is 1.64. The van der Waals surface area contributed by atoms with Gasteiger partial charge < -0.3 is 14.7 Å². The lowest BCUT2D eigenvalue weighted by Crippen LogP contribution is -2.39. The first-order valence-corrected chi connectivity index (χ1v) is 10.8. The summed E-state index contributed by atoms with van der Waals surface area (Å²) in [5.41, 5.74) is 4.39. The molecule has 1 heterocycles. The van der Waals surface area contributed by atoms with Crippen LogP contribution in [0.1, 0.15) is 37.0 Å². The molecule has 1 aliphatic heterocycles. The van der Waals surface area contributed by atoms with Gasteiger partial charge in [0.05, 0.1) is 24.5 Å². The number of hydrogen-bond donors (Lipinski definition) is 1. The molecular formula is C24H31ClN2O3. The molecule has 2 aromatic rings. The molecule has 0 saturated heterocycles. The van der Waals surface area contributed by atoms with Gasteiger partial charge in [-0.3, -0.25) is 4.90 Å². The van der Waals surface area contributed by atoms with Crippen LogP contribution in [0.25, 0.3) is 0 Å². The number of aliphatic hydroxyl groups is 1. The molecular weight excluding hydrogens is 400 g/mol. The lowest BCUT2D eigenvalue weighted by atomic mass is 10.00. The van der Waals surface area contributed by atoms with E-state index in [1.165, 1.54) is 5.56 Å². The van der Waals surface area contributed by atoms with Crippen molar-refractivity contribution in [2.24, 2.45) is 5.16 Å². The summed E-state index contributed by atoms with van der Waals surface area (Å²) in [5, 5.41) is 15.5. The van der Waals surface area contributed by atoms with Gasteiger partial charge in [-0.2, -0.15) is 0 Å². The predicted molar refractivity (Wildman–Crippen MR) is 121 cm³/mol. The molecule has 0 radical (unpaired) electrons.